The minimum Gasteiger partial charge on any atom is -0.454 e. The van der Waals surface area contributed by atoms with E-state index in [4.69, 9.17) is 14.0 Å². The molecule has 0 aliphatic carbocycles. The fraction of sp³-hybridized carbons (Fsp3) is 0.182. The molecular weight excluding hydrogens is 368 g/mol. The summed E-state index contributed by atoms with van der Waals surface area (Å²) in [6.07, 6.45) is 0.821. The van der Waals surface area contributed by atoms with Crippen molar-refractivity contribution in [3.8, 4) is 22.9 Å². The lowest BCUT2D eigenvalue weighted by Gasteiger charge is -2.10. The Morgan fingerprint density at radius 2 is 1.69 bits per heavy atom. The van der Waals surface area contributed by atoms with E-state index in [-0.39, 0.29) is 18.9 Å². The zero-order chi connectivity index (χ0) is 19.2. The SMILES string of the molecule is c1ccc2cc(C3CC(c4nc(-c5ccc6c(c5)OCO6)no4)NN3)ccc2c1. The highest BCUT2D eigenvalue weighted by atomic mass is 16.7. The Morgan fingerprint density at radius 3 is 2.66 bits per heavy atom. The topological polar surface area (TPSA) is 81.4 Å². The molecule has 6 rings (SSSR count). The third kappa shape index (κ3) is 2.91. The number of nitrogens with zero attached hydrogens (tertiary/aromatic N) is 2. The molecule has 2 unspecified atom stereocenters. The van der Waals surface area contributed by atoms with Gasteiger partial charge in [-0.05, 0) is 47.0 Å². The van der Waals surface area contributed by atoms with Crippen LogP contribution in [0.1, 0.15) is 30.0 Å². The second-order valence-electron chi connectivity index (χ2n) is 7.26. The van der Waals surface area contributed by atoms with Crippen LogP contribution in [-0.4, -0.2) is 16.9 Å². The van der Waals surface area contributed by atoms with Crippen molar-refractivity contribution in [1.82, 2.24) is 21.0 Å². The molecule has 4 aromatic rings. The number of aromatic nitrogens is 2. The molecule has 0 bridgehead atoms. The van der Waals surface area contributed by atoms with Crippen LogP contribution in [0.3, 0.4) is 0 Å². The smallest absolute Gasteiger partial charge is 0.245 e. The summed E-state index contributed by atoms with van der Waals surface area (Å²) in [5, 5.41) is 6.62. The van der Waals surface area contributed by atoms with Crippen LogP contribution in [0.4, 0.5) is 0 Å². The first-order valence-electron chi connectivity index (χ1n) is 9.57. The third-order valence-corrected chi connectivity index (χ3v) is 5.45. The van der Waals surface area contributed by atoms with E-state index in [1.54, 1.807) is 0 Å². The van der Waals surface area contributed by atoms with Crippen LogP contribution >= 0.6 is 0 Å². The largest absolute Gasteiger partial charge is 0.454 e. The van der Waals surface area contributed by atoms with Crippen LogP contribution < -0.4 is 20.3 Å². The number of fused-ring (bicyclic) bond motifs is 2. The molecule has 2 aliphatic heterocycles. The quantitative estimate of drug-likeness (QED) is 0.553. The Hall–Kier alpha value is -3.42. The molecule has 144 valence electrons. The van der Waals surface area contributed by atoms with Gasteiger partial charge in [0.1, 0.15) is 6.04 Å². The Bertz CT molecular complexity index is 1210. The third-order valence-electron chi connectivity index (χ3n) is 5.45. The van der Waals surface area contributed by atoms with Gasteiger partial charge in [-0.3, -0.25) is 0 Å². The highest BCUT2D eigenvalue weighted by molar-refractivity contribution is 5.83. The average molecular weight is 386 g/mol. The number of ether oxygens (including phenoxy) is 2. The average Bonchev–Trinajstić information content (AvgIpc) is 3.52. The monoisotopic (exact) mass is 386 g/mol. The van der Waals surface area contributed by atoms with Crippen LogP contribution in [0.25, 0.3) is 22.2 Å². The number of nitrogens with one attached hydrogen (secondary N) is 2. The van der Waals surface area contributed by atoms with E-state index in [2.05, 4.69) is 63.5 Å². The summed E-state index contributed by atoms with van der Waals surface area (Å²) in [5.41, 5.74) is 8.71. The van der Waals surface area contributed by atoms with Gasteiger partial charge in [-0.25, -0.2) is 10.9 Å². The van der Waals surface area contributed by atoms with Gasteiger partial charge in [0, 0.05) is 11.6 Å². The van der Waals surface area contributed by atoms with Gasteiger partial charge < -0.3 is 14.0 Å². The van der Waals surface area contributed by atoms with Gasteiger partial charge in [-0.2, -0.15) is 4.98 Å². The van der Waals surface area contributed by atoms with Gasteiger partial charge >= 0.3 is 0 Å². The molecule has 3 heterocycles. The molecule has 7 nitrogen and oxygen atoms in total. The first kappa shape index (κ1) is 16.5. The Labute approximate surface area is 166 Å². The number of hydrazine groups is 1. The zero-order valence-corrected chi connectivity index (χ0v) is 15.5. The lowest BCUT2D eigenvalue weighted by atomic mass is 9.99. The summed E-state index contributed by atoms with van der Waals surface area (Å²) in [5.74, 6) is 2.53. The van der Waals surface area contributed by atoms with Crippen molar-refractivity contribution in [2.45, 2.75) is 18.5 Å². The van der Waals surface area contributed by atoms with E-state index in [1.807, 2.05) is 18.2 Å². The first-order valence-corrected chi connectivity index (χ1v) is 9.57. The normalized spacial score (nSPS) is 20.4. The van der Waals surface area contributed by atoms with Crippen molar-refractivity contribution in [2.75, 3.05) is 6.79 Å². The summed E-state index contributed by atoms with van der Waals surface area (Å²) in [7, 11) is 0. The summed E-state index contributed by atoms with van der Waals surface area (Å²) in [6, 6.07) is 20.7. The molecule has 2 aliphatic rings. The predicted octanol–water partition coefficient (Wildman–Crippen LogP) is 3.90. The van der Waals surface area contributed by atoms with E-state index in [1.165, 1.54) is 16.3 Å². The second kappa shape index (κ2) is 6.58. The summed E-state index contributed by atoms with van der Waals surface area (Å²) in [6.45, 7) is 0.240. The molecule has 0 saturated carbocycles. The molecule has 29 heavy (non-hydrogen) atoms. The number of hydrogen-bond donors (Lipinski definition) is 2. The molecule has 2 atom stereocenters. The van der Waals surface area contributed by atoms with Crippen molar-refractivity contribution in [3.05, 3.63) is 72.1 Å². The van der Waals surface area contributed by atoms with Gasteiger partial charge in [0.15, 0.2) is 11.5 Å². The minimum atomic E-state index is -0.0540. The maximum absolute atomic E-state index is 5.54. The standard InChI is InChI=1S/C22H18N4O3/c1-2-4-14-9-15(6-5-13(14)3-1)17-11-18(25-24-17)22-23-21(26-29-22)16-7-8-19-20(10-16)28-12-27-19/h1-10,17-18,24-25H,11-12H2. The van der Waals surface area contributed by atoms with E-state index in [0.717, 1.165) is 17.7 Å². The molecule has 0 spiro atoms. The number of benzene rings is 3. The van der Waals surface area contributed by atoms with E-state index in [0.29, 0.717) is 17.5 Å². The highest BCUT2D eigenvalue weighted by Crippen LogP contribution is 2.36. The maximum Gasteiger partial charge on any atom is 0.245 e. The van der Waals surface area contributed by atoms with Crippen molar-refractivity contribution in [3.63, 3.8) is 0 Å². The summed E-state index contributed by atoms with van der Waals surface area (Å²) in [4.78, 5) is 4.59. The van der Waals surface area contributed by atoms with Crippen LogP contribution in [0.15, 0.2) is 65.2 Å². The van der Waals surface area contributed by atoms with E-state index in [9.17, 15) is 0 Å². The molecule has 1 fully saturated rings. The van der Waals surface area contributed by atoms with Gasteiger partial charge in [-0.1, -0.05) is 41.6 Å². The summed E-state index contributed by atoms with van der Waals surface area (Å²) < 4.78 is 16.3. The number of rotatable bonds is 3. The molecule has 3 aromatic carbocycles. The zero-order valence-electron chi connectivity index (χ0n) is 15.5. The van der Waals surface area contributed by atoms with Crippen molar-refractivity contribution in [1.29, 1.82) is 0 Å². The lowest BCUT2D eigenvalue weighted by molar-refractivity contribution is 0.174. The lowest BCUT2D eigenvalue weighted by Crippen LogP contribution is -2.26. The Morgan fingerprint density at radius 1 is 0.828 bits per heavy atom. The van der Waals surface area contributed by atoms with Gasteiger partial charge in [0.2, 0.25) is 18.5 Å². The van der Waals surface area contributed by atoms with Crippen molar-refractivity contribution in [2.24, 2.45) is 0 Å². The van der Waals surface area contributed by atoms with Gasteiger partial charge in [-0.15, -0.1) is 0 Å². The summed E-state index contributed by atoms with van der Waals surface area (Å²) >= 11 is 0. The van der Waals surface area contributed by atoms with E-state index >= 15 is 0 Å². The molecule has 0 amide bonds. The minimum absolute atomic E-state index is 0.0540. The fourth-order valence-electron chi connectivity index (χ4n) is 3.89. The highest BCUT2D eigenvalue weighted by Gasteiger charge is 2.30. The maximum atomic E-state index is 5.54. The molecule has 1 aromatic heterocycles. The Kier molecular flexibility index (Phi) is 3.75. The molecule has 0 radical (unpaired) electrons. The predicted molar refractivity (Wildman–Crippen MR) is 106 cm³/mol. The number of hydrogen-bond acceptors (Lipinski definition) is 7. The van der Waals surface area contributed by atoms with Crippen LogP contribution in [0.5, 0.6) is 11.5 Å². The van der Waals surface area contributed by atoms with E-state index < -0.39 is 0 Å². The van der Waals surface area contributed by atoms with Gasteiger partial charge in [0.05, 0.1) is 0 Å². The fourth-order valence-corrected chi connectivity index (χ4v) is 3.89. The van der Waals surface area contributed by atoms with Crippen molar-refractivity contribution < 1.29 is 14.0 Å². The second-order valence-corrected chi connectivity index (χ2v) is 7.26. The van der Waals surface area contributed by atoms with Crippen molar-refractivity contribution >= 4 is 10.8 Å². The Balaban J connectivity index is 1.22. The first-order chi connectivity index (χ1) is 14.3. The molecular formula is C22H18N4O3. The van der Waals surface area contributed by atoms with Crippen LogP contribution in [0, 0.1) is 0 Å². The molecule has 7 heteroatoms. The van der Waals surface area contributed by atoms with Gasteiger partial charge in [0.25, 0.3) is 0 Å². The molecule has 1 saturated heterocycles. The van der Waals surface area contributed by atoms with Crippen LogP contribution in [-0.2, 0) is 0 Å². The molecule has 2 N–H and O–H groups in total. The van der Waals surface area contributed by atoms with Crippen LogP contribution in [0.2, 0.25) is 0 Å².